The van der Waals surface area contributed by atoms with Gasteiger partial charge in [-0.25, -0.2) is 4.98 Å². The van der Waals surface area contributed by atoms with E-state index in [9.17, 15) is 18.7 Å². The van der Waals surface area contributed by atoms with Crippen LogP contribution in [0.5, 0.6) is 0 Å². The van der Waals surface area contributed by atoms with Gasteiger partial charge in [-0.15, -0.1) is 0 Å². The molecule has 0 radical (unpaired) electrons. The Hall–Kier alpha value is -2.28. The number of alkyl halides is 2. The van der Waals surface area contributed by atoms with Crippen LogP contribution in [0.1, 0.15) is 30.4 Å². The van der Waals surface area contributed by atoms with Crippen molar-refractivity contribution in [2.75, 3.05) is 0 Å². The lowest BCUT2D eigenvalue weighted by atomic mass is 9.75. The summed E-state index contributed by atoms with van der Waals surface area (Å²) in [6, 6.07) is 7.31. The molecular weight excluding hydrogens is 316 g/mol. The van der Waals surface area contributed by atoms with Crippen LogP contribution in [0.15, 0.2) is 43.0 Å². The van der Waals surface area contributed by atoms with E-state index >= 15 is 0 Å². The van der Waals surface area contributed by atoms with E-state index in [1.165, 1.54) is 0 Å². The van der Waals surface area contributed by atoms with Crippen molar-refractivity contribution in [3.63, 3.8) is 0 Å². The Kier molecular flexibility index (Phi) is 4.36. The van der Waals surface area contributed by atoms with Crippen molar-refractivity contribution in [2.45, 2.75) is 43.9 Å². The van der Waals surface area contributed by atoms with Crippen molar-refractivity contribution in [3.8, 4) is 0 Å². The van der Waals surface area contributed by atoms with E-state index in [1.807, 2.05) is 22.9 Å². The van der Waals surface area contributed by atoms with E-state index in [0.29, 0.717) is 18.5 Å². The van der Waals surface area contributed by atoms with Gasteiger partial charge in [0.1, 0.15) is 5.60 Å². The standard InChI is InChI=1S/C17H19F2N3O2/c18-17(19,16(24)6-1-7-16)15(23)21-10-13-2-4-14(5-3-13)11-22-9-8-20-12-22/h2-5,8-9,12,24H,1,6-7,10-11H2,(H,21,23). The molecule has 0 saturated heterocycles. The Morgan fingerprint density at radius 1 is 1.29 bits per heavy atom. The zero-order valence-corrected chi connectivity index (χ0v) is 13.1. The second-order valence-corrected chi connectivity index (χ2v) is 6.19. The molecule has 0 unspecified atom stereocenters. The summed E-state index contributed by atoms with van der Waals surface area (Å²) in [5.74, 6) is -5.18. The van der Waals surface area contributed by atoms with Gasteiger partial charge in [0.15, 0.2) is 0 Å². The first-order valence-electron chi connectivity index (χ1n) is 7.83. The second-order valence-electron chi connectivity index (χ2n) is 6.19. The van der Waals surface area contributed by atoms with Crippen LogP contribution < -0.4 is 5.32 Å². The van der Waals surface area contributed by atoms with Crippen molar-refractivity contribution in [3.05, 3.63) is 54.1 Å². The highest BCUT2D eigenvalue weighted by Gasteiger charge is 2.61. The Bertz CT molecular complexity index is 695. The molecule has 5 nitrogen and oxygen atoms in total. The predicted molar refractivity (Wildman–Crippen MR) is 83.4 cm³/mol. The molecule has 0 bridgehead atoms. The lowest BCUT2D eigenvalue weighted by molar-refractivity contribution is -0.216. The molecule has 2 N–H and O–H groups in total. The monoisotopic (exact) mass is 335 g/mol. The van der Waals surface area contributed by atoms with E-state index in [-0.39, 0.29) is 19.4 Å². The van der Waals surface area contributed by atoms with Gasteiger partial charge in [0.2, 0.25) is 0 Å². The fraction of sp³-hybridized carbons (Fsp3) is 0.412. The third kappa shape index (κ3) is 3.17. The SMILES string of the molecule is O=C(NCc1ccc(Cn2ccnc2)cc1)C(F)(F)C1(O)CCC1. The highest BCUT2D eigenvalue weighted by Crippen LogP contribution is 2.44. The minimum atomic E-state index is -3.76. The first-order chi connectivity index (χ1) is 11.4. The van der Waals surface area contributed by atoms with Gasteiger partial charge >= 0.3 is 5.92 Å². The normalized spacial score (nSPS) is 16.5. The number of benzene rings is 1. The summed E-state index contributed by atoms with van der Waals surface area (Å²) in [6.45, 7) is 0.660. The van der Waals surface area contributed by atoms with Crippen LogP contribution in [0.3, 0.4) is 0 Å². The van der Waals surface area contributed by atoms with Gasteiger partial charge in [-0.2, -0.15) is 8.78 Å². The van der Waals surface area contributed by atoms with E-state index in [4.69, 9.17) is 0 Å². The van der Waals surface area contributed by atoms with Crippen LogP contribution in [0.25, 0.3) is 0 Å². The minimum absolute atomic E-state index is 0.00411. The Morgan fingerprint density at radius 2 is 1.96 bits per heavy atom. The average Bonchev–Trinajstić information content (AvgIpc) is 3.04. The van der Waals surface area contributed by atoms with E-state index in [2.05, 4.69) is 10.3 Å². The maximum atomic E-state index is 14.0. The first kappa shape index (κ1) is 16.6. The van der Waals surface area contributed by atoms with Crippen molar-refractivity contribution in [1.82, 2.24) is 14.9 Å². The number of hydrogen-bond donors (Lipinski definition) is 2. The van der Waals surface area contributed by atoms with E-state index in [0.717, 1.165) is 5.56 Å². The molecule has 1 amide bonds. The number of imidazole rings is 1. The molecule has 1 aromatic carbocycles. The number of nitrogens with zero attached hydrogens (tertiary/aromatic N) is 2. The predicted octanol–water partition coefficient (Wildman–Crippen LogP) is 2.10. The molecule has 3 rings (SSSR count). The van der Waals surface area contributed by atoms with Crippen molar-refractivity contribution < 1.29 is 18.7 Å². The van der Waals surface area contributed by atoms with E-state index in [1.54, 1.807) is 24.7 Å². The smallest absolute Gasteiger partial charge is 0.352 e. The summed E-state index contributed by atoms with van der Waals surface area (Å²) in [5.41, 5.74) is -0.433. The third-order valence-corrected chi connectivity index (χ3v) is 4.45. The molecule has 0 atom stereocenters. The van der Waals surface area contributed by atoms with Gasteiger partial charge in [-0.05, 0) is 30.4 Å². The molecule has 0 aliphatic heterocycles. The fourth-order valence-corrected chi connectivity index (χ4v) is 2.68. The van der Waals surface area contributed by atoms with Gasteiger partial charge in [-0.3, -0.25) is 4.79 Å². The Balaban J connectivity index is 1.55. The molecule has 7 heteroatoms. The first-order valence-corrected chi connectivity index (χ1v) is 7.83. The maximum Gasteiger partial charge on any atom is 0.352 e. The van der Waals surface area contributed by atoms with Crippen LogP contribution in [0.4, 0.5) is 8.78 Å². The number of amides is 1. The molecule has 1 aromatic heterocycles. The molecule has 1 saturated carbocycles. The molecule has 1 aliphatic carbocycles. The summed E-state index contributed by atoms with van der Waals surface area (Å²) in [4.78, 5) is 15.7. The molecule has 1 aliphatic rings. The lowest BCUT2D eigenvalue weighted by Gasteiger charge is -2.41. The third-order valence-electron chi connectivity index (χ3n) is 4.45. The largest absolute Gasteiger partial charge is 0.383 e. The zero-order valence-electron chi connectivity index (χ0n) is 13.1. The number of rotatable bonds is 6. The summed E-state index contributed by atoms with van der Waals surface area (Å²) >= 11 is 0. The minimum Gasteiger partial charge on any atom is -0.383 e. The second kappa shape index (κ2) is 6.32. The molecule has 2 aromatic rings. The number of carbonyl (C=O) groups excluding carboxylic acids is 1. The van der Waals surface area contributed by atoms with Crippen LogP contribution >= 0.6 is 0 Å². The van der Waals surface area contributed by atoms with Gasteiger partial charge in [-0.1, -0.05) is 24.3 Å². The number of carbonyl (C=O) groups is 1. The van der Waals surface area contributed by atoms with Crippen LogP contribution in [-0.2, 0) is 17.9 Å². The summed E-state index contributed by atoms with van der Waals surface area (Å²) in [6.07, 6.45) is 5.67. The van der Waals surface area contributed by atoms with Crippen molar-refractivity contribution in [2.24, 2.45) is 0 Å². The van der Waals surface area contributed by atoms with Gasteiger partial charge in [0, 0.05) is 25.5 Å². The van der Waals surface area contributed by atoms with Crippen LogP contribution in [0.2, 0.25) is 0 Å². The number of hydrogen-bond acceptors (Lipinski definition) is 3. The zero-order chi connectivity index (χ0) is 17.2. The average molecular weight is 335 g/mol. The summed E-state index contributed by atoms with van der Waals surface area (Å²) < 4.78 is 29.8. The number of aromatic nitrogens is 2. The quantitative estimate of drug-likeness (QED) is 0.849. The molecular formula is C17H19F2N3O2. The number of nitrogens with one attached hydrogen (secondary N) is 1. The Morgan fingerprint density at radius 3 is 2.50 bits per heavy atom. The van der Waals surface area contributed by atoms with Crippen molar-refractivity contribution in [1.29, 1.82) is 0 Å². The van der Waals surface area contributed by atoms with Gasteiger partial charge < -0.3 is 15.0 Å². The van der Waals surface area contributed by atoms with Crippen LogP contribution in [0, 0.1) is 0 Å². The van der Waals surface area contributed by atoms with Crippen LogP contribution in [-0.4, -0.2) is 32.1 Å². The van der Waals surface area contributed by atoms with E-state index < -0.39 is 17.4 Å². The summed E-state index contributed by atoms with van der Waals surface area (Å²) in [7, 11) is 0. The topological polar surface area (TPSA) is 67.2 Å². The van der Waals surface area contributed by atoms with Gasteiger partial charge in [0.25, 0.3) is 5.91 Å². The fourth-order valence-electron chi connectivity index (χ4n) is 2.68. The molecule has 24 heavy (non-hydrogen) atoms. The van der Waals surface area contributed by atoms with Crippen molar-refractivity contribution >= 4 is 5.91 Å². The number of halogens is 2. The highest BCUT2D eigenvalue weighted by atomic mass is 19.3. The molecule has 0 spiro atoms. The summed E-state index contributed by atoms with van der Waals surface area (Å²) in [5, 5.41) is 12.0. The molecule has 1 fully saturated rings. The van der Waals surface area contributed by atoms with Gasteiger partial charge in [0.05, 0.1) is 6.33 Å². The molecule has 128 valence electrons. The number of aliphatic hydroxyl groups is 1. The highest BCUT2D eigenvalue weighted by molar-refractivity contribution is 5.85. The maximum absolute atomic E-state index is 14.0. The Labute approximate surface area is 138 Å². The lowest BCUT2D eigenvalue weighted by Crippen LogP contribution is -2.60. The molecule has 1 heterocycles.